The predicted octanol–water partition coefficient (Wildman–Crippen LogP) is 3.72. The molecule has 0 aromatic carbocycles. The molecule has 0 saturated heterocycles. The van der Waals surface area contributed by atoms with Crippen molar-refractivity contribution in [2.24, 2.45) is 4.99 Å². The Labute approximate surface area is 191 Å². The second-order valence-electron chi connectivity index (χ2n) is 7.56. The molecule has 1 aliphatic heterocycles. The Kier molecular flexibility index (Phi) is 4.62. The Morgan fingerprint density at radius 1 is 1.06 bits per heavy atom. The van der Waals surface area contributed by atoms with Gasteiger partial charge in [-0.25, -0.2) is 0 Å². The van der Waals surface area contributed by atoms with Crippen LogP contribution in [0.2, 0.25) is 0 Å². The van der Waals surface area contributed by atoms with E-state index in [-0.39, 0.29) is 5.13 Å². The number of thiophene rings is 1. The fourth-order valence-electron chi connectivity index (χ4n) is 3.94. The topological polar surface area (TPSA) is 91.8 Å². The molecule has 0 aliphatic carbocycles. The zero-order valence-electron chi connectivity index (χ0n) is 17.5. The molecule has 2 N–H and O–H groups in total. The van der Waals surface area contributed by atoms with Crippen molar-refractivity contribution in [3.8, 4) is 27.6 Å². The molecule has 0 radical (unpaired) electrons. The number of hydrogen-bond acceptors (Lipinski definition) is 6. The zero-order valence-corrected chi connectivity index (χ0v) is 18.3. The first-order valence-corrected chi connectivity index (χ1v) is 11.0. The van der Waals surface area contributed by atoms with Gasteiger partial charge in [-0.3, -0.25) is 20.1 Å². The molecule has 9 heteroatoms. The van der Waals surface area contributed by atoms with Crippen LogP contribution >= 0.6 is 11.3 Å². The Bertz CT molecular complexity index is 1660. The number of pyridine rings is 2. The van der Waals surface area contributed by atoms with Crippen LogP contribution in [0.3, 0.4) is 0 Å². The molecule has 0 saturated carbocycles. The van der Waals surface area contributed by atoms with Crippen molar-refractivity contribution in [1.82, 2.24) is 25.1 Å². The standard InChI is InChI=1S/C24H17FN6OS/c1-32-15-6-14(8-26-10-15)13-2-3-18-23(28-9-13)24(31-30-18)19-7-16-17(11-27-12-20(16)29-19)21-4-5-22(25)33-21/h2-8,10-12,29-30H,9H2,1H3. The average Bonchev–Trinajstić information content (AvgIpc) is 3.54. The van der Waals surface area contributed by atoms with E-state index in [1.54, 1.807) is 38.0 Å². The fourth-order valence-corrected chi connectivity index (χ4v) is 4.70. The molecule has 0 amide bonds. The maximum atomic E-state index is 13.6. The number of fused-ring (bicyclic) bond motifs is 2. The number of H-pyrrole nitrogens is 2. The van der Waals surface area contributed by atoms with E-state index >= 15 is 0 Å². The first kappa shape index (κ1) is 19.6. The van der Waals surface area contributed by atoms with Gasteiger partial charge in [-0.1, -0.05) is 6.08 Å². The van der Waals surface area contributed by atoms with Crippen LogP contribution in [0.1, 0.15) is 5.56 Å². The number of halogens is 1. The number of aromatic amines is 2. The SMILES string of the molecule is COc1cncc(C2=CC=c3[nH]nc(-c4cc5c(-c6ccc(F)s6)cncc5[nH]4)c3=NC2)c1. The van der Waals surface area contributed by atoms with Gasteiger partial charge in [-0.2, -0.15) is 9.49 Å². The highest BCUT2D eigenvalue weighted by atomic mass is 32.1. The molecule has 0 bridgehead atoms. The first-order chi connectivity index (χ1) is 16.2. The van der Waals surface area contributed by atoms with E-state index in [1.165, 1.54) is 6.07 Å². The van der Waals surface area contributed by atoms with Crippen LogP contribution in [0.5, 0.6) is 5.75 Å². The van der Waals surface area contributed by atoms with Gasteiger partial charge in [0.15, 0.2) is 5.13 Å². The number of ether oxygens (including phenoxy) is 1. The van der Waals surface area contributed by atoms with Crippen LogP contribution in [0.15, 0.2) is 60.1 Å². The van der Waals surface area contributed by atoms with Gasteiger partial charge in [0, 0.05) is 33.8 Å². The molecule has 6 rings (SSSR count). The minimum atomic E-state index is -0.223. The largest absolute Gasteiger partial charge is 0.495 e. The molecule has 5 aromatic heterocycles. The molecular formula is C24H17FN6OS. The van der Waals surface area contributed by atoms with Gasteiger partial charge >= 0.3 is 0 Å². The smallest absolute Gasteiger partial charge is 0.176 e. The average molecular weight is 457 g/mol. The van der Waals surface area contributed by atoms with Crippen LogP contribution in [-0.4, -0.2) is 38.8 Å². The summed E-state index contributed by atoms with van der Waals surface area (Å²) in [6.07, 6.45) is 11.0. The molecule has 162 valence electrons. The molecule has 7 nitrogen and oxygen atoms in total. The monoisotopic (exact) mass is 456 g/mol. The fraction of sp³-hybridized carbons (Fsp3) is 0.0833. The number of hydrogen-bond donors (Lipinski definition) is 2. The van der Waals surface area contributed by atoms with Gasteiger partial charge in [0.2, 0.25) is 0 Å². The minimum absolute atomic E-state index is 0.223. The highest BCUT2D eigenvalue weighted by Crippen LogP contribution is 2.34. The first-order valence-electron chi connectivity index (χ1n) is 10.2. The number of aromatic nitrogens is 5. The highest BCUT2D eigenvalue weighted by Gasteiger charge is 2.15. The Hall–Kier alpha value is -4.11. The van der Waals surface area contributed by atoms with E-state index in [9.17, 15) is 4.39 Å². The van der Waals surface area contributed by atoms with Gasteiger partial charge in [-0.05, 0) is 35.9 Å². The summed E-state index contributed by atoms with van der Waals surface area (Å²) >= 11 is 1.10. The van der Waals surface area contributed by atoms with E-state index < -0.39 is 0 Å². The molecule has 33 heavy (non-hydrogen) atoms. The molecule has 1 aliphatic rings. The van der Waals surface area contributed by atoms with Crippen LogP contribution in [0.25, 0.3) is 44.4 Å². The maximum absolute atomic E-state index is 13.6. The lowest BCUT2D eigenvalue weighted by Crippen LogP contribution is -2.23. The predicted molar refractivity (Wildman–Crippen MR) is 126 cm³/mol. The Morgan fingerprint density at radius 2 is 1.97 bits per heavy atom. The third kappa shape index (κ3) is 3.42. The zero-order chi connectivity index (χ0) is 22.4. The highest BCUT2D eigenvalue weighted by molar-refractivity contribution is 7.14. The van der Waals surface area contributed by atoms with Crippen molar-refractivity contribution < 1.29 is 9.13 Å². The molecule has 0 unspecified atom stereocenters. The molecule has 6 heterocycles. The van der Waals surface area contributed by atoms with Gasteiger partial charge < -0.3 is 9.72 Å². The third-order valence-corrected chi connectivity index (χ3v) is 6.49. The van der Waals surface area contributed by atoms with Gasteiger partial charge in [0.1, 0.15) is 16.8 Å². The minimum Gasteiger partial charge on any atom is -0.495 e. The number of allylic oxidation sites excluding steroid dienone is 1. The lowest BCUT2D eigenvalue weighted by Gasteiger charge is -2.05. The molecule has 0 fully saturated rings. The van der Waals surface area contributed by atoms with Crippen LogP contribution in [0.4, 0.5) is 4.39 Å². The van der Waals surface area contributed by atoms with E-state index in [2.05, 4.69) is 25.1 Å². The second kappa shape index (κ2) is 7.79. The van der Waals surface area contributed by atoms with E-state index in [0.29, 0.717) is 12.3 Å². The van der Waals surface area contributed by atoms with Crippen molar-refractivity contribution in [3.63, 3.8) is 0 Å². The summed E-state index contributed by atoms with van der Waals surface area (Å²) in [4.78, 5) is 17.6. The summed E-state index contributed by atoms with van der Waals surface area (Å²) in [6, 6.07) is 7.20. The van der Waals surface area contributed by atoms with E-state index in [1.807, 2.05) is 24.3 Å². The lowest BCUT2D eigenvalue weighted by atomic mass is 10.1. The molecular weight excluding hydrogens is 439 g/mol. The number of nitrogens with zero attached hydrogens (tertiary/aromatic N) is 4. The van der Waals surface area contributed by atoms with Crippen molar-refractivity contribution in [2.75, 3.05) is 13.7 Å². The number of nitrogens with one attached hydrogen (secondary N) is 2. The van der Waals surface area contributed by atoms with Gasteiger partial charge in [0.25, 0.3) is 0 Å². The van der Waals surface area contributed by atoms with Crippen LogP contribution < -0.4 is 15.4 Å². The summed E-state index contributed by atoms with van der Waals surface area (Å²) in [5.41, 5.74) is 5.25. The summed E-state index contributed by atoms with van der Waals surface area (Å²) in [5, 5.41) is 9.94. The molecule has 0 spiro atoms. The third-order valence-electron chi connectivity index (χ3n) is 5.59. The molecule has 5 aromatic rings. The lowest BCUT2D eigenvalue weighted by molar-refractivity contribution is 0.412. The van der Waals surface area contributed by atoms with Crippen LogP contribution in [-0.2, 0) is 0 Å². The van der Waals surface area contributed by atoms with Crippen LogP contribution in [0, 0.1) is 5.13 Å². The summed E-state index contributed by atoms with van der Waals surface area (Å²) < 4.78 is 18.9. The quantitative estimate of drug-likeness (QED) is 0.431. The second-order valence-corrected chi connectivity index (χ2v) is 8.59. The van der Waals surface area contributed by atoms with E-state index in [0.717, 1.165) is 65.9 Å². The normalized spacial score (nSPS) is 13.1. The van der Waals surface area contributed by atoms with E-state index in [4.69, 9.17) is 9.73 Å². The Balaban J connectivity index is 1.42. The number of methoxy groups -OCH3 is 1. The summed E-state index contributed by atoms with van der Waals surface area (Å²) in [5.74, 6) is 0.701. The van der Waals surface area contributed by atoms with Crippen molar-refractivity contribution in [1.29, 1.82) is 0 Å². The van der Waals surface area contributed by atoms with Gasteiger partial charge in [0.05, 0.1) is 42.6 Å². The molecule has 0 atom stereocenters. The number of rotatable bonds is 4. The maximum Gasteiger partial charge on any atom is 0.176 e. The summed E-state index contributed by atoms with van der Waals surface area (Å²) in [7, 11) is 1.62. The summed E-state index contributed by atoms with van der Waals surface area (Å²) in [6.45, 7) is 0.479. The Morgan fingerprint density at radius 3 is 2.82 bits per heavy atom. The van der Waals surface area contributed by atoms with Gasteiger partial charge in [-0.15, -0.1) is 11.3 Å². The van der Waals surface area contributed by atoms with Crippen molar-refractivity contribution in [3.05, 3.63) is 76.5 Å². The van der Waals surface area contributed by atoms with Crippen molar-refractivity contribution >= 4 is 33.9 Å². The van der Waals surface area contributed by atoms with Crippen molar-refractivity contribution in [2.45, 2.75) is 0 Å².